The average Bonchev–Trinajstić information content (AvgIpc) is 2.44. The van der Waals surface area contributed by atoms with Crippen molar-refractivity contribution in [3.05, 3.63) is 35.9 Å². The van der Waals surface area contributed by atoms with Gasteiger partial charge in [-0.1, -0.05) is 30.3 Å². The summed E-state index contributed by atoms with van der Waals surface area (Å²) in [5, 5.41) is 2.82. The van der Waals surface area contributed by atoms with Gasteiger partial charge in [-0.05, 0) is 26.3 Å². The van der Waals surface area contributed by atoms with Crippen LogP contribution < -0.4 is 5.32 Å². The molecule has 114 valence electrons. The second-order valence-corrected chi connectivity index (χ2v) is 5.69. The molecule has 1 aliphatic heterocycles. The topological polar surface area (TPSA) is 58.6 Å². The molecular weight excluding hydrogens is 268 g/mol. The standard InChI is InChI=1S/C16H22N2O3/c1-12(2)21-10-9-18-11-14(19)17-16(3,15(18)20)13-7-5-4-6-8-13/h4-8,12H,9-11H2,1-3H3,(H,17,19). The Morgan fingerprint density at radius 1 is 1.29 bits per heavy atom. The SMILES string of the molecule is CC(C)OCCN1CC(=O)NC(C)(c2ccccc2)C1=O. The third-order valence-electron chi connectivity index (χ3n) is 3.60. The fourth-order valence-corrected chi connectivity index (χ4v) is 2.48. The summed E-state index contributed by atoms with van der Waals surface area (Å²) >= 11 is 0. The Morgan fingerprint density at radius 3 is 2.57 bits per heavy atom. The Hall–Kier alpha value is -1.88. The van der Waals surface area contributed by atoms with Gasteiger partial charge in [0.1, 0.15) is 5.54 Å². The van der Waals surface area contributed by atoms with Crippen LogP contribution in [0.15, 0.2) is 30.3 Å². The molecule has 1 heterocycles. The van der Waals surface area contributed by atoms with Crippen LogP contribution in [0.2, 0.25) is 0 Å². The molecule has 1 aromatic carbocycles. The Bertz CT molecular complexity index is 516. The van der Waals surface area contributed by atoms with Gasteiger partial charge >= 0.3 is 0 Å². The number of piperazine rings is 1. The lowest BCUT2D eigenvalue weighted by atomic mass is 9.88. The lowest BCUT2D eigenvalue weighted by Crippen LogP contribution is -2.63. The molecule has 2 amide bonds. The first-order chi connectivity index (χ1) is 9.93. The van der Waals surface area contributed by atoms with Crippen LogP contribution in [0.1, 0.15) is 26.3 Å². The zero-order valence-electron chi connectivity index (χ0n) is 12.8. The van der Waals surface area contributed by atoms with Gasteiger partial charge in [0, 0.05) is 6.54 Å². The molecule has 0 bridgehead atoms. The highest BCUT2D eigenvalue weighted by atomic mass is 16.5. The van der Waals surface area contributed by atoms with Crippen LogP contribution in [0.4, 0.5) is 0 Å². The number of hydrogen-bond acceptors (Lipinski definition) is 3. The highest BCUT2D eigenvalue weighted by molar-refractivity contribution is 5.98. The van der Waals surface area contributed by atoms with Crippen molar-refractivity contribution in [2.45, 2.75) is 32.4 Å². The van der Waals surface area contributed by atoms with Gasteiger partial charge in [-0.3, -0.25) is 9.59 Å². The maximum absolute atomic E-state index is 12.7. The van der Waals surface area contributed by atoms with Crippen LogP contribution in [0, 0.1) is 0 Å². The molecular formula is C16H22N2O3. The van der Waals surface area contributed by atoms with Gasteiger partial charge in [-0.2, -0.15) is 0 Å². The average molecular weight is 290 g/mol. The Morgan fingerprint density at radius 2 is 1.95 bits per heavy atom. The number of nitrogens with zero attached hydrogens (tertiary/aromatic N) is 1. The highest BCUT2D eigenvalue weighted by Crippen LogP contribution is 2.26. The van der Waals surface area contributed by atoms with Gasteiger partial charge in [0.25, 0.3) is 5.91 Å². The predicted octanol–water partition coefficient (Wildman–Crippen LogP) is 1.29. The second-order valence-electron chi connectivity index (χ2n) is 5.69. The van der Waals surface area contributed by atoms with E-state index in [2.05, 4.69) is 5.32 Å². The summed E-state index contributed by atoms with van der Waals surface area (Å²) in [6.45, 7) is 6.58. The molecule has 0 aromatic heterocycles. The molecule has 5 heteroatoms. The van der Waals surface area contributed by atoms with E-state index in [9.17, 15) is 9.59 Å². The van der Waals surface area contributed by atoms with Gasteiger partial charge in [-0.15, -0.1) is 0 Å². The van der Waals surface area contributed by atoms with Gasteiger partial charge in [0.2, 0.25) is 5.91 Å². The van der Waals surface area contributed by atoms with Crippen LogP contribution in [-0.4, -0.2) is 42.5 Å². The summed E-state index contributed by atoms with van der Waals surface area (Å²) in [6.07, 6.45) is 0.110. The fraction of sp³-hybridized carbons (Fsp3) is 0.500. The van der Waals surface area contributed by atoms with Crippen LogP contribution in [0.3, 0.4) is 0 Å². The third kappa shape index (κ3) is 3.42. The number of carbonyl (C=O) groups excluding carboxylic acids is 2. The molecule has 1 atom stereocenters. The van der Waals surface area contributed by atoms with Gasteiger partial charge in [-0.25, -0.2) is 0 Å². The largest absolute Gasteiger partial charge is 0.377 e. The Labute approximate surface area is 125 Å². The molecule has 1 aromatic rings. The van der Waals surface area contributed by atoms with Crippen molar-refractivity contribution in [2.24, 2.45) is 0 Å². The maximum atomic E-state index is 12.7. The summed E-state index contributed by atoms with van der Waals surface area (Å²) < 4.78 is 5.48. The number of amides is 2. The van der Waals surface area contributed by atoms with Crippen molar-refractivity contribution in [3.8, 4) is 0 Å². The Balaban J connectivity index is 2.16. The van der Waals surface area contributed by atoms with E-state index in [1.54, 1.807) is 11.8 Å². The van der Waals surface area contributed by atoms with Crippen LogP contribution in [-0.2, 0) is 19.9 Å². The molecule has 0 radical (unpaired) electrons. The van der Waals surface area contributed by atoms with E-state index < -0.39 is 5.54 Å². The van der Waals surface area contributed by atoms with E-state index >= 15 is 0 Å². The lowest BCUT2D eigenvalue weighted by molar-refractivity contribution is -0.150. The molecule has 0 aliphatic carbocycles. The summed E-state index contributed by atoms with van der Waals surface area (Å²) in [5.41, 5.74) is -0.216. The normalized spacial score (nSPS) is 22.6. The van der Waals surface area contributed by atoms with Gasteiger partial charge in [0.05, 0.1) is 19.3 Å². The van der Waals surface area contributed by atoms with E-state index in [-0.39, 0.29) is 24.5 Å². The van der Waals surface area contributed by atoms with E-state index in [0.717, 1.165) is 5.56 Å². The number of hydrogen-bond donors (Lipinski definition) is 1. The highest BCUT2D eigenvalue weighted by Gasteiger charge is 2.43. The molecule has 1 saturated heterocycles. The number of benzene rings is 1. The van der Waals surface area contributed by atoms with Crippen molar-refractivity contribution >= 4 is 11.8 Å². The molecule has 1 unspecified atom stereocenters. The van der Waals surface area contributed by atoms with Crippen molar-refractivity contribution in [1.82, 2.24) is 10.2 Å². The van der Waals surface area contributed by atoms with Crippen molar-refractivity contribution in [1.29, 1.82) is 0 Å². The Kier molecular flexibility index (Phi) is 4.63. The maximum Gasteiger partial charge on any atom is 0.253 e. The minimum Gasteiger partial charge on any atom is -0.377 e. The number of carbonyl (C=O) groups is 2. The summed E-state index contributed by atoms with van der Waals surface area (Å²) in [4.78, 5) is 26.2. The van der Waals surface area contributed by atoms with Crippen LogP contribution in [0.5, 0.6) is 0 Å². The lowest BCUT2D eigenvalue weighted by Gasteiger charge is -2.40. The molecule has 2 rings (SSSR count). The van der Waals surface area contributed by atoms with Crippen molar-refractivity contribution in [3.63, 3.8) is 0 Å². The smallest absolute Gasteiger partial charge is 0.253 e. The van der Waals surface area contributed by atoms with Crippen molar-refractivity contribution in [2.75, 3.05) is 19.7 Å². The predicted molar refractivity (Wildman–Crippen MR) is 79.6 cm³/mol. The molecule has 1 fully saturated rings. The molecule has 0 saturated carbocycles. The summed E-state index contributed by atoms with van der Waals surface area (Å²) in [6, 6.07) is 9.32. The summed E-state index contributed by atoms with van der Waals surface area (Å²) in [7, 11) is 0. The fourth-order valence-electron chi connectivity index (χ4n) is 2.48. The van der Waals surface area contributed by atoms with Crippen LogP contribution >= 0.6 is 0 Å². The first kappa shape index (κ1) is 15.5. The van der Waals surface area contributed by atoms with Crippen molar-refractivity contribution < 1.29 is 14.3 Å². The number of nitrogens with one attached hydrogen (secondary N) is 1. The monoisotopic (exact) mass is 290 g/mol. The minimum atomic E-state index is -1.01. The minimum absolute atomic E-state index is 0.0860. The zero-order valence-corrected chi connectivity index (χ0v) is 12.8. The second kappa shape index (κ2) is 6.26. The molecule has 0 spiro atoms. The number of rotatable bonds is 5. The molecule has 5 nitrogen and oxygen atoms in total. The number of ether oxygens (including phenoxy) is 1. The summed E-state index contributed by atoms with van der Waals surface area (Å²) in [5.74, 6) is -0.244. The van der Waals surface area contributed by atoms with Crippen LogP contribution in [0.25, 0.3) is 0 Å². The molecule has 1 aliphatic rings. The first-order valence-electron chi connectivity index (χ1n) is 7.21. The van der Waals surface area contributed by atoms with Gasteiger partial charge < -0.3 is 15.0 Å². The molecule has 1 N–H and O–H groups in total. The van der Waals surface area contributed by atoms with E-state index in [1.165, 1.54) is 0 Å². The molecule has 21 heavy (non-hydrogen) atoms. The van der Waals surface area contributed by atoms with E-state index in [1.807, 2.05) is 44.2 Å². The third-order valence-corrected chi connectivity index (χ3v) is 3.60. The van der Waals surface area contributed by atoms with E-state index in [4.69, 9.17) is 4.74 Å². The first-order valence-corrected chi connectivity index (χ1v) is 7.21. The van der Waals surface area contributed by atoms with E-state index in [0.29, 0.717) is 13.2 Å². The van der Waals surface area contributed by atoms with Gasteiger partial charge in [0.15, 0.2) is 0 Å². The quantitative estimate of drug-likeness (QED) is 0.889. The zero-order chi connectivity index (χ0) is 15.5.